The molecule has 0 saturated heterocycles. The molecule has 2 aromatic rings. The number of nitrogens with zero attached hydrogens (tertiary/aromatic N) is 1. The number of benzene rings is 1. The third-order valence-electron chi connectivity index (χ3n) is 2.56. The molecule has 0 spiro atoms. The normalized spacial score (nSPS) is 12.2. The molecule has 18 heavy (non-hydrogen) atoms. The Balaban J connectivity index is 2.22. The number of aromatic nitrogens is 1. The third kappa shape index (κ3) is 3.16. The lowest BCUT2D eigenvalue weighted by atomic mass is 10.1. The van der Waals surface area contributed by atoms with E-state index in [0.717, 1.165) is 15.7 Å². The number of nitrogens with one attached hydrogen (secondary N) is 1. The van der Waals surface area contributed by atoms with E-state index in [4.69, 9.17) is 23.2 Å². The van der Waals surface area contributed by atoms with Crippen molar-refractivity contribution in [3.8, 4) is 0 Å². The van der Waals surface area contributed by atoms with Crippen LogP contribution >= 0.6 is 39.1 Å². The minimum atomic E-state index is 0.0484. The summed E-state index contributed by atoms with van der Waals surface area (Å²) in [6.07, 6.45) is 1.66. The van der Waals surface area contributed by atoms with Gasteiger partial charge in [-0.2, -0.15) is 0 Å². The summed E-state index contributed by atoms with van der Waals surface area (Å²) in [5.74, 6) is 0. The number of rotatable bonds is 3. The summed E-state index contributed by atoms with van der Waals surface area (Å²) in [5.41, 5.74) is 1.81. The average molecular weight is 346 g/mol. The molecule has 0 amide bonds. The van der Waals surface area contributed by atoms with E-state index >= 15 is 0 Å². The van der Waals surface area contributed by atoms with Gasteiger partial charge in [-0.05, 0) is 36.8 Å². The van der Waals surface area contributed by atoms with Crippen molar-refractivity contribution in [3.05, 3.63) is 56.7 Å². The summed E-state index contributed by atoms with van der Waals surface area (Å²) in [6.45, 7) is 2.03. The molecule has 1 aromatic carbocycles. The van der Waals surface area contributed by atoms with Crippen LogP contribution in [0.15, 0.2) is 41.0 Å². The number of halogens is 3. The summed E-state index contributed by atoms with van der Waals surface area (Å²) >= 11 is 15.6. The van der Waals surface area contributed by atoms with Crippen LogP contribution in [0.2, 0.25) is 10.2 Å². The Morgan fingerprint density at radius 1 is 1.28 bits per heavy atom. The maximum atomic E-state index is 6.21. The molecule has 0 aliphatic heterocycles. The molecule has 0 aliphatic rings. The molecule has 0 aliphatic carbocycles. The largest absolute Gasteiger partial charge is 0.376 e. The summed E-state index contributed by atoms with van der Waals surface area (Å²) < 4.78 is 0.961. The molecular formula is C13H11BrCl2N2. The van der Waals surface area contributed by atoms with Crippen LogP contribution in [0.4, 0.5) is 5.69 Å². The highest BCUT2D eigenvalue weighted by molar-refractivity contribution is 9.10. The van der Waals surface area contributed by atoms with Gasteiger partial charge in [0.1, 0.15) is 0 Å². The van der Waals surface area contributed by atoms with Crippen molar-refractivity contribution in [1.82, 2.24) is 4.98 Å². The van der Waals surface area contributed by atoms with E-state index < -0.39 is 0 Å². The van der Waals surface area contributed by atoms with Crippen molar-refractivity contribution in [2.24, 2.45) is 0 Å². The van der Waals surface area contributed by atoms with Gasteiger partial charge in [0, 0.05) is 15.7 Å². The molecule has 1 N–H and O–H groups in total. The molecule has 2 rings (SSSR count). The second kappa shape index (κ2) is 5.91. The van der Waals surface area contributed by atoms with Gasteiger partial charge in [0.25, 0.3) is 0 Å². The Hall–Kier alpha value is -0.770. The highest BCUT2D eigenvalue weighted by atomic mass is 79.9. The average Bonchev–Trinajstić information content (AvgIpc) is 2.32. The quantitative estimate of drug-likeness (QED) is 0.761. The van der Waals surface area contributed by atoms with Gasteiger partial charge in [-0.25, -0.2) is 4.98 Å². The van der Waals surface area contributed by atoms with Crippen LogP contribution in [0.5, 0.6) is 0 Å². The standard InChI is InChI=1S/C13H11BrCl2N2/c1-8(10-5-4-9(14)7-11(10)15)18-12-3-2-6-17-13(12)16/h2-8,18H,1H3. The maximum Gasteiger partial charge on any atom is 0.152 e. The van der Waals surface area contributed by atoms with Gasteiger partial charge in [-0.3, -0.25) is 0 Å². The van der Waals surface area contributed by atoms with Crippen LogP contribution in [-0.4, -0.2) is 4.98 Å². The molecule has 0 radical (unpaired) electrons. The topological polar surface area (TPSA) is 24.9 Å². The molecule has 1 aromatic heterocycles. The number of hydrogen-bond donors (Lipinski definition) is 1. The van der Waals surface area contributed by atoms with E-state index in [9.17, 15) is 0 Å². The first-order chi connectivity index (χ1) is 8.58. The molecule has 0 saturated carbocycles. The zero-order chi connectivity index (χ0) is 13.1. The Morgan fingerprint density at radius 3 is 2.72 bits per heavy atom. The van der Waals surface area contributed by atoms with Gasteiger partial charge >= 0.3 is 0 Å². The third-order valence-corrected chi connectivity index (χ3v) is 3.68. The molecule has 94 valence electrons. The van der Waals surface area contributed by atoms with Crippen molar-refractivity contribution in [2.75, 3.05) is 5.32 Å². The lowest BCUT2D eigenvalue weighted by molar-refractivity contribution is 0.883. The Kier molecular flexibility index (Phi) is 4.49. The van der Waals surface area contributed by atoms with Crippen molar-refractivity contribution in [3.63, 3.8) is 0 Å². The Bertz CT molecular complexity index is 560. The Labute approximate surface area is 124 Å². The summed E-state index contributed by atoms with van der Waals surface area (Å²) in [4.78, 5) is 4.02. The van der Waals surface area contributed by atoms with E-state index in [1.165, 1.54) is 0 Å². The molecule has 0 bridgehead atoms. The smallest absolute Gasteiger partial charge is 0.152 e. The van der Waals surface area contributed by atoms with Crippen LogP contribution < -0.4 is 5.32 Å². The van der Waals surface area contributed by atoms with E-state index in [1.807, 2.05) is 37.3 Å². The molecule has 5 heteroatoms. The van der Waals surface area contributed by atoms with Crippen molar-refractivity contribution < 1.29 is 0 Å². The van der Waals surface area contributed by atoms with Crippen molar-refractivity contribution in [1.29, 1.82) is 0 Å². The lowest BCUT2D eigenvalue weighted by Crippen LogP contribution is -2.07. The highest BCUT2D eigenvalue weighted by Gasteiger charge is 2.11. The van der Waals surface area contributed by atoms with E-state index in [1.54, 1.807) is 6.20 Å². The molecule has 1 atom stereocenters. The fourth-order valence-electron chi connectivity index (χ4n) is 1.66. The molecule has 1 unspecified atom stereocenters. The first-order valence-corrected chi connectivity index (χ1v) is 6.95. The molecular weight excluding hydrogens is 335 g/mol. The van der Waals surface area contributed by atoms with Gasteiger partial charge < -0.3 is 5.32 Å². The van der Waals surface area contributed by atoms with Gasteiger partial charge in [-0.15, -0.1) is 0 Å². The van der Waals surface area contributed by atoms with Gasteiger partial charge in [-0.1, -0.05) is 45.2 Å². The lowest BCUT2D eigenvalue weighted by Gasteiger charge is -2.17. The van der Waals surface area contributed by atoms with E-state index in [-0.39, 0.29) is 6.04 Å². The zero-order valence-corrected chi connectivity index (χ0v) is 12.7. The summed E-state index contributed by atoms with van der Waals surface area (Å²) in [5, 5.41) is 4.46. The SMILES string of the molecule is CC(Nc1cccnc1Cl)c1ccc(Br)cc1Cl. The Morgan fingerprint density at radius 2 is 2.06 bits per heavy atom. The minimum absolute atomic E-state index is 0.0484. The van der Waals surface area contributed by atoms with Crippen LogP contribution in [-0.2, 0) is 0 Å². The maximum absolute atomic E-state index is 6.21. The molecule has 1 heterocycles. The number of hydrogen-bond acceptors (Lipinski definition) is 2. The highest BCUT2D eigenvalue weighted by Crippen LogP contribution is 2.30. The summed E-state index contributed by atoms with van der Waals surface area (Å²) in [7, 11) is 0. The fraction of sp³-hybridized carbons (Fsp3) is 0.154. The van der Waals surface area contributed by atoms with Crippen molar-refractivity contribution >= 4 is 44.8 Å². The predicted octanol–water partition coefficient (Wildman–Crippen LogP) is 5.32. The van der Waals surface area contributed by atoms with E-state index in [0.29, 0.717) is 10.2 Å². The van der Waals surface area contributed by atoms with Crippen LogP contribution in [0.3, 0.4) is 0 Å². The van der Waals surface area contributed by atoms with E-state index in [2.05, 4.69) is 26.2 Å². The second-order valence-corrected chi connectivity index (χ2v) is 5.55. The van der Waals surface area contributed by atoms with Gasteiger partial charge in [0.2, 0.25) is 0 Å². The van der Waals surface area contributed by atoms with Gasteiger partial charge in [0.15, 0.2) is 5.15 Å². The fourth-order valence-corrected chi connectivity index (χ4v) is 2.67. The molecule has 0 fully saturated rings. The zero-order valence-electron chi connectivity index (χ0n) is 9.62. The van der Waals surface area contributed by atoms with Crippen LogP contribution in [0.25, 0.3) is 0 Å². The summed E-state index contributed by atoms with van der Waals surface area (Å²) in [6, 6.07) is 9.59. The predicted molar refractivity (Wildman–Crippen MR) is 80.4 cm³/mol. The first kappa shape index (κ1) is 13.7. The number of anilines is 1. The molecule has 2 nitrogen and oxygen atoms in total. The number of pyridine rings is 1. The van der Waals surface area contributed by atoms with Gasteiger partial charge in [0.05, 0.1) is 11.7 Å². The minimum Gasteiger partial charge on any atom is -0.376 e. The van der Waals surface area contributed by atoms with Crippen LogP contribution in [0.1, 0.15) is 18.5 Å². The first-order valence-electron chi connectivity index (χ1n) is 5.40. The monoisotopic (exact) mass is 344 g/mol. The van der Waals surface area contributed by atoms with Crippen LogP contribution in [0, 0.1) is 0 Å². The second-order valence-electron chi connectivity index (χ2n) is 3.87. The van der Waals surface area contributed by atoms with Crippen molar-refractivity contribution in [2.45, 2.75) is 13.0 Å².